The van der Waals surface area contributed by atoms with Crippen LogP contribution in [-0.2, 0) is 28.8 Å². The van der Waals surface area contributed by atoms with Crippen LogP contribution in [0.5, 0.6) is 0 Å². The van der Waals surface area contributed by atoms with Gasteiger partial charge in [0.15, 0.2) is 5.96 Å². The molecular formula is C25H44N14O7. The first-order valence-corrected chi connectivity index (χ1v) is 14.5. The van der Waals surface area contributed by atoms with Crippen molar-refractivity contribution in [3.8, 4) is 0 Å². The van der Waals surface area contributed by atoms with E-state index in [0.717, 1.165) is 6.20 Å². The number of hydrogen-bond acceptors (Lipinski definition) is 13. The second-order valence-corrected chi connectivity index (χ2v) is 10.7. The number of primary amides is 1. The van der Waals surface area contributed by atoms with Gasteiger partial charge in [-0.2, -0.15) is 0 Å². The van der Waals surface area contributed by atoms with Crippen LogP contribution in [0, 0.1) is 0 Å². The fourth-order valence-electron chi connectivity index (χ4n) is 4.28. The van der Waals surface area contributed by atoms with Crippen molar-refractivity contribution in [2.45, 2.75) is 68.9 Å². The number of hydrogen-bond donors (Lipinski definition) is 13. The molecule has 2 rings (SSSR count). The summed E-state index contributed by atoms with van der Waals surface area (Å²) < 4.78 is 0. The fourth-order valence-corrected chi connectivity index (χ4v) is 4.28. The van der Waals surface area contributed by atoms with Gasteiger partial charge in [-0.1, -0.05) is 0 Å². The van der Waals surface area contributed by atoms with Crippen molar-refractivity contribution in [3.05, 3.63) is 11.9 Å². The van der Waals surface area contributed by atoms with E-state index in [1.165, 1.54) is 6.92 Å². The minimum absolute atomic E-state index is 0.0101. The molecule has 2 aliphatic rings. The van der Waals surface area contributed by atoms with Gasteiger partial charge in [-0.05, 0) is 32.7 Å². The molecule has 256 valence electrons. The van der Waals surface area contributed by atoms with Crippen molar-refractivity contribution in [2.75, 3.05) is 26.2 Å². The zero-order valence-electron chi connectivity index (χ0n) is 25.4. The molecule has 0 spiro atoms. The normalized spacial score (nSPS) is 26.6. The van der Waals surface area contributed by atoms with Gasteiger partial charge in [0, 0.05) is 38.3 Å². The highest BCUT2D eigenvalue weighted by molar-refractivity contribution is 6.02. The number of nitrogens with two attached hydrogens (primary N) is 5. The van der Waals surface area contributed by atoms with Crippen LogP contribution in [0.3, 0.4) is 0 Å². The van der Waals surface area contributed by atoms with Gasteiger partial charge in [-0.3, -0.25) is 33.8 Å². The first-order valence-electron chi connectivity index (χ1n) is 14.5. The number of guanidine groups is 1. The monoisotopic (exact) mass is 652 g/mol. The Balaban J connectivity index is 2.42. The summed E-state index contributed by atoms with van der Waals surface area (Å²) in [6, 6.07) is -7.79. The lowest BCUT2D eigenvalue weighted by Gasteiger charge is -2.31. The minimum Gasteiger partial charge on any atom is -0.370 e. The van der Waals surface area contributed by atoms with E-state index < -0.39 is 90.0 Å². The average Bonchev–Trinajstić information content (AvgIpc) is 3.00. The van der Waals surface area contributed by atoms with Gasteiger partial charge in [0.05, 0.1) is 6.04 Å². The number of carbonyl (C=O) groups excluding carboxylic acids is 7. The number of carbonyl (C=O) groups is 7. The molecule has 1 saturated heterocycles. The molecule has 21 heteroatoms. The Morgan fingerprint density at radius 2 is 1.76 bits per heavy atom. The van der Waals surface area contributed by atoms with Gasteiger partial charge < -0.3 is 71.2 Å². The predicted molar refractivity (Wildman–Crippen MR) is 163 cm³/mol. The van der Waals surface area contributed by atoms with E-state index >= 15 is 0 Å². The molecule has 2 aliphatic heterocycles. The van der Waals surface area contributed by atoms with Crippen LogP contribution in [0.25, 0.3) is 0 Å². The highest BCUT2D eigenvalue weighted by atomic mass is 16.2. The number of nitrogens with one attached hydrogen (secondary N) is 8. The van der Waals surface area contributed by atoms with Gasteiger partial charge in [-0.15, -0.1) is 0 Å². The Labute approximate surface area is 264 Å². The Morgan fingerprint density at radius 3 is 2.41 bits per heavy atom. The van der Waals surface area contributed by atoms with E-state index in [1.807, 2.05) is 0 Å². The molecule has 0 radical (unpaired) electrons. The van der Waals surface area contributed by atoms with E-state index in [0.29, 0.717) is 19.4 Å². The van der Waals surface area contributed by atoms with Crippen LogP contribution < -0.4 is 71.2 Å². The van der Waals surface area contributed by atoms with Crippen molar-refractivity contribution >= 4 is 47.4 Å². The van der Waals surface area contributed by atoms with Gasteiger partial charge in [0.2, 0.25) is 29.5 Å². The molecular weight excluding hydrogens is 608 g/mol. The summed E-state index contributed by atoms with van der Waals surface area (Å²) >= 11 is 0. The van der Waals surface area contributed by atoms with Crippen LogP contribution >= 0.6 is 0 Å². The average molecular weight is 653 g/mol. The number of aliphatic imine (C=N–C) groups is 1. The lowest BCUT2D eigenvalue weighted by molar-refractivity contribution is -0.133. The summed E-state index contributed by atoms with van der Waals surface area (Å²) in [5, 5.41) is 19.4. The maximum Gasteiger partial charge on any atom is 0.316 e. The Morgan fingerprint density at radius 1 is 1.04 bits per heavy atom. The number of rotatable bonds is 9. The van der Waals surface area contributed by atoms with Gasteiger partial charge in [0.25, 0.3) is 5.91 Å². The highest BCUT2D eigenvalue weighted by Crippen LogP contribution is 2.07. The molecule has 46 heavy (non-hydrogen) atoms. The summed E-state index contributed by atoms with van der Waals surface area (Å²) in [5.74, 6) is -5.04. The molecule has 1 unspecified atom stereocenters. The van der Waals surface area contributed by atoms with Crippen LogP contribution in [0.2, 0.25) is 0 Å². The van der Waals surface area contributed by atoms with Crippen molar-refractivity contribution in [2.24, 2.45) is 33.7 Å². The molecule has 21 nitrogen and oxygen atoms in total. The summed E-state index contributed by atoms with van der Waals surface area (Å²) in [6.07, 6.45) is 2.01. The van der Waals surface area contributed by atoms with E-state index in [4.69, 9.17) is 28.7 Å². The predicted octanol–water partition coefficient (Wildman–Crippen LogP) is -7.21. The van der Waals surface area contributed by atoms with Crippen LogP contribution in [0.15, 0.2) is 16.9 Å². The van der Waals surface area contributed by atoms with E-state index in [2.05, 4.69) is 47.5 Å². The molecule has 18 N–H and O–H groups in total. The van der Waals surface area contributed by atoms with Crippen molar-refractivity contribution in [1.29, 1.82) is 0 Å². The first kappa shape index (κ1) is 37.2. The van der Waals surface area contributed by atoms with Crippen molar-refractivity contribution in [3.63, 3.8) is 0 Å². The summed E-state index contributed by atoms with van der Waals surface area (Å²) in [5.41, 5.74) is 27.7. The lowest BCUT2D eigenvalue weighted by Crippen LogP contribution is -2.63. The lowest BCUT2D eigenvalue weighted by atomic mass is 10.0. The third kappa shape index (κ3) is 12.2. The summed E-state index contributed by atoms with van der Waals surface area (Å²) in [7, 11) is 0. The van der Waals surface area contributed by atoms with E-state index in [1.54, 1.807) is 0 Å². The topological polar surface area (TPSA) is 358 Å². The van der Waals surface area contributed by atoms with E-state index in [-0.39, 0.29) is 31.9 Å². The largest absolute Gasteiger partial charge is 0.370 e. The zero-order chi connectivity index (χ0) is 34.4. The molecule has 0 aromatic carbocycles. The SMILES string of the molecule is C[C@@H]1NC(=O)[C@@H](N)CNC(=O)[C@H](C2CCN=C(N)N2)NC(=O)/C(=C/NC(N)=O)NC(=O)[C@H](CNC(=O)C[C@@H](N)CCCN)NC1=O. The van der Waals surface area contributed by atoms with Crippen molar-refractivity contribution < 1.29 is 33.6 Å². The molecule has 2 heterocycles. The Bertz CT molecular complexity index is 1230. The second-order valence-electron chi connectivity index (χ2n) is 10.7. The number of amides is 8. The quantitative estimate of drug-likeness (QED) is 0.103. The standard InChI is InChI=1S/C25H44N14O7/c1-11-19(41)36-15(9-32-17(40)7-12(27)3-2-5-26)21(43)37-16(10-34-25(30)46)22(44)39-18(14-4-6-31-24(29)38-14)23(45)33-8-13(28)20(42)35-11/h10-15,18H,2-9,26-28H2,1H3,(H,32,40)(H,33,45)(H,35,42)(H,36,41)(H,37,43)(H,39,44)(H3,29,31,38)(H3,30,34,46)/b16-10-/t11-,12-,13-,14?,15-,18-/m0/s1. The number of urea groups is 1. The molecule has 0 bridgehead atoms. The van der Waals surface area contributed by atoms with Gasteiger partial charge >= 0.3 is 6.03 Å². The molecule has 0 saturated carbocycles. The Hall–Kier alpha value is -5.02. The number of nitrogens with zero attached hydrogens (tertiary/aromatic N) is 1. The third-order valence-corrected chi connectivity index (χ3v) is 6.84. The molecule has 0 aliphatic carbocycles. The maximum absolute atomic E-state index is 13.4. The van der Waals surface area contributed by atoms with Crippen LogP contribution in [0.4, 0.5) is 4.79 Å². The molecule has 6 atom stereocenters. The molecule has 1 fully saturated rings. The third-order valence-electron chi connectivity index (χ3n) is 6.84. The zero-order valence-corrected chi connectivity index (χ0v) is 25.4. The van der Waals surface area contributed by atoms with Gasteiger partial charge in [-0.25, -0.2) is 4.79 Å². The maximum atomic E-state index is 13.4. The van der Waals surface area contributed by atoms with Crippen molar-refractivity contribution in [1.82, 2.24) is 42.5 Å². The fraction of sp³-hybridized carbons (Fsp3) is 0.600. The molecule has 8 amide bonds. The van der Waals surface area contributed by atoms with E-state index in [9.17, 15) is 33.6 Å². The van der Waals surface area contributed by atoms with Crippen LogP contribution in [0.1, 0.15) is 32.6 Å². The molecule has 0 aromatic heterocycles. The van der Waals surface area contributed by atoms with Gasteiger partial charge in [0.1, 0.15) is 29.9 Å². The smallest absolute Gasteiger partial charge is 0.316 e. The molecule has 0 aromatic rings. The second kappa shape index (κ2) is 18.1. The first-order chi connectivity index (χ1) is 21.7. The summed E-state index contributed by atoms with van der Waals surface area (Å²) in [6.45, 7) is 1.08. The minimum atomic E-state index is -1.52. The highest BCUT2D eigenvalue weighted by Gasteiger charge is 2.34. The summed E-state index contributed by atoms with van der Waals surface area (Å²) in [4.78, 5) is 93.7. The van der Waals surface area contributed by atoms with Crippen LogP contribution in [-0.4, -0.2) is 110 Å². The Kier molecular flexibility index (Phi) is 14.6.